The van der Waals surface area contributed by atoms with E-state index in [0.29, 0.717) is 11.1 Å². The molecule has 0 radical (unpaired) electrons. The highest BCUT2D eigenvalue weighted by molar-refractivity contribution is 7.99. The van der Waals surface area contributed by atoms with E-state index in [1.165, 1.54) is 0 Å². The number of carbonyl (C=O) groups excluding carboxylic acids is 1. The number of benzene rings is 2. The molecule has 0 bridgehead atoms. The van der Waals surface area contributed by atoms with Crippen molar-refractivity contribution >= 4 is 28.6 Å². The van der Waals surface area contributed by atoms with Crippen LogP contribution >= 0.6 is 11.8 Å². The maximum absolute atomic E-state index is 11.9. The number of rotatable bonds is 6. The van der Waals surface area contributed by atoms with Crippen LogP contribution in [0.15, 0.2) is 70.4 Å². The standard InChI is InChI=1S/C19H15N3O3S/c23-17(24-11-13-6-2-1-3-7-13)12-26-19-22-21-18(25-19)15-10-20-16-9-5-4-8-14(15)16/h1-10,20H,11-12H2. The molecule has 0 atom stereocenters. The number of thioether (sulfide) groups is 1. The summed E-state index contributed by atoms with van der Waals surface area (Å²) in [6.07, 6.45) is 1.83. The molecular formula is C19H15N3O3S. The third-order valence-electron chi connectivity index (χ3n) is 3.78. The minimum absolute atomic E-state index is 0.113. The molecule has 26 heavy (non-hydrogen) atoms. The quantitative estimate of drug-likeness (QED) is 0.410. The normalized spacial score (nSPS) is 10.9. The average molecular weight is 365 g/mol. The Kier molecular flexibility index (Phi) is 4.70. The number of aromatic nitrogens is 3. The summed E-state index contributed by atoms with van der Waals surface area (Å²) in [7, 11) is 0. The third-order valence-corrected chi connectivity index (χ3v) is 4.57. The van der Waals surface area contributed by atoms with Gasteiger partial charge in [0.15, 0.2) is 0 Å². The highest BCUT2D eigenvalue weighted by Crippen LogP contribution is 2.29. The zero-order valence-corrected chi connectivity index (χ0v) is 14.5. The molecule has 130 valence electrons. The number of ether oxygens (including phenoxy) is 1. The van der Waals surface area contributed by atoms with Crippen LogP contribution in [-0.4, -0.2) is 26.9 Å². The summed E-state index contributed by atoms with van der Waals surface area (Å²) in [5, 5.41) is 9.41. The Morgan fingerprint density at radius 1 is 1.08 bits per heavy atom. The van der Waals surface area contributed by atoms with Crippen LogP contribution in [0, 0.1) is 0 Å². The van der Waals surface area contributed by atoms with E-state index in [1.807, 2.05) is 60.8 Å². The first kappa shape index (κ1) is 16.4. The third kappa shape index (κ3) is 3.62. The van der Waals surface area contributed by atoms with Crippen LogP contribution in [0.5, 0.6) is 0 Å². The first-order valence-electron chi connectivity index (χ1n) is 8.02. The van der Waals surface area contributed by atoms with Crippen LogP contribution in [0.2, 0.25) is 0 Å². The van der Waals surface area contributed by atoms with E-state index >= 15 is 0 Å². The molecule has 6 nitrogen and oxygen atoms in total. The molecule has 0 fully saturated rings. The molecule has 0 unspecified atom stereocenters. The Morgan fingerprint density at radius 2 is 1.88 bits per heavy atom. The second-order valence-corrected chi connectivity index (χ2v) is 6.48. The minimum Gasteiger partial charge on any atom is -0.460 e. The number of hydrogen-bond acceptors (Lipinski definition) is 6. The van der Waals surface area contributed by atoms with E-state index in [-0.39, 0.29) is 18.3 Å². The smallest absolute Gasteiger partial charge is 0.316 e. The molecule has 0 saturated heterocycles. The van der Waals surface area contributed by atoms with Gasteiger partial charge in [0.05, 0.1) is 5.56 Å². The molecule has 2 aromatic carbocycles. The van der Waals surface area contributed by atoms with Gasteiger partial charge in [-0.15, -0.1) is 10.2 Å². The number of H-pyrrole nitrogens is 1. The van der Waals surface area contributed by atoms with Crippen LogP contribution in [0.3, 0.4) is 0 Å². The lowest BCUT2D eigenvalue weighted by molar-refractivity contribution is -0.141. The van der Waals surface area contributed by atoms with Crippen molar-refractivity contribution < 1.29 is 13.9 Å². The lowest BCUT2D eigenvalue weighted by Crippen LogP contribution is -2.07. The first-order valence-corrected chi connectivity index (χ1v) is 9.00. The molecule has 1 N–H and O–H groups in total. The molecule has 0 saturated carbocycles. The van der Waals surface area contributed by atoms with Gasteiger partial charge in [-0.05, 0) is 11.6 Å². The number of para-hydroxylation sites is 1. The van der Waals surface area contributed by atoms with Crippen molar-refractivity contribution in [3.8, 4) is 11.5 Å². The number of fused-ring (bicyclic) bond motifs is 1. The number of esters is 1. The SMILES string of the molecule is O=C(CSc1nnc(-c2c[nH]c3ccccc23)o1)OCc1ccccc1. The van der Waals surface area contributed by atoms with Gasteiger partial charge < -0.3 is 14.1 Å². The fraction of sp³-hybridized carbons (Fsp3) is 0.105. The molecular weight excluding hydrogens is 350 g/mol. The Balaban J connectivity index is 1.36. The number of carbonyl (C=O) groups is 1. The van der Waals surface area contributed by atoms with Crippen molar-refractivity contribution in [3.63, 3.8) is 0 Å². The van der Waals surface area contributed by atoms with E-state index in [1.54, 1.807) is 0 Å². The van der Waals surface area contributed by atoms with E-state index in [9.17, 15) is 4.79 Å². The highest BCUT2D eigenvalue weighted by atomic mass is 32.2. The van der Waals surface area contributed by atoms with E-state index in [2.05, 4.69) is 15.2 Å². The fourth-order valence-electron chi connectivity index (χ4n) is 2.53. The molecule has 0 aliphatic heterocycles. The fourth-order valence-corrected chi connectivity index (χ4v) is 3.09. The first-order chi connectivity index (χ1) is 12.8. The van der Waals surface area contributed by atoms with E-state index < -0.39 is 0 Å². The van der Waals surface area contributed by atoms with Crippen molar-refractivity contribution in [3.05, 3.63) is 66.4 Å². The van der Waals surface area contributed by atoms with Gasteiger partial charge in [0.2, 0.25) is 0 Å². The summed E-state index contributed by atoms with van der Waals surface area (Å²) in [4.78, 5) is 15.0. The van der Waals surface area contributed by atoms with Crippen LogP contribution in [0.1, 0.15) is 5.56 Å². The Labute approximate surface area is 153 Å². The number of aromatic amines is 1. The van der Waals surface area contributed by atoms with Crippen molar-refractivity contribution in [2.75, 3.05) is 5.75 Å². The zero-order chi connectivity index (χ0) is 17.8. The second kappa shape index (κ2) is 7.45. The zero-order valence-electron chi connectivity index (χ0n) is 13.7. The summed E-state index contributed by atoms with van der Waals surface area (Å²) in [5.74, 6) is 0.204. The van der Waals surface area contributed by atoms with Crippen LogP contribution in [0.25, 0.3) is 22.4 Å². The molecule has 0 aliphatic carbocycles. The minimum atomic E-state index is -0.328. The predicted octanol–water partition coefficient (Wildman–Crippen LogP) is 4.05. The highest BCUT2D eigenvalue weighted by Gasteiger charge is 2.14. The van der Waals surface area contributed by atoms with Crippen LogP contribution in [-0.2, 0) is 16.1 Å². The largest absolute Gasteiger partial charge is 0.460 e. The average Bonchev–Trinajstić information content (AvgIpc) is 3.32. The molecule has 4 aromatic rings. The van der Waals surface area contributed by atoms with Crippen molar-refractivity contribution in [2.45, 2.75) is 11.8 Å². The van der Waals surface area contributed by atoms with Crippen molar-refractivity contribution in [1.29, 1.82) is 0 Å². The number of nitrogens with one attached hydrogen (secondary N) is 1. The summed E-state index contributed by atoms with van der Waals surface area (Å²) >= 11 is 1.16. The summed E-state index contributed by atoms with van der Waals surface area (Å²) in [6, 6.07) is 17.4. The lowest BCUT2D eigenvalue weighted by Gasteiger charge is -2.03. The molecule has 4 rings (SSSR count). The van der Waals surface area contributed by atoms with Gasteiger partial charge >= 0.3 is 5.97 Å². The summed E-state index contributed by atoms with van der Waals surface area (Å²) in [5.41, 5.74) is 2.79. The monoisotopic (exact) mass is 365 g/mol. The second-order valence-electron chi connectivity index (χ2n) is 5.56. The predicted molar refractivity (Wildman–Crippen MR) is 98.6 cm³/mol. The van der Waals surface area contributed by atoms with Gasteiger partial charge in [0, 0.05) is 17.1 Å². The van der Waals surface area contributed by atoms with Gasteiger partial charge in [-0.1, -0.05) is 60.3 Å². The van der Waals surface area contributed by atoms with Crippen LogP contribution < -0.4 is 0 Å². The molecule has 0 aliphatic rings. The molecule has 0 spiro atoms. The topological polar surface area (TPSA) is 81.0 Å². The molecule has 2 heterocycles. The van der Waals surface area contributed by atoms with Gasteiger partial charge in [-0.2, -0.15) is 0 Å². The van der Waals surface area contributed by atoms with Crippen molar-refractivity contribution in [1.82, 2.24) is 15.2 Å². The van der Waals surface area contributed by atoms with E-state index in [4.69, 9.17) is 9.15 Å². The molecule has 0 amide bonds. The molecule has 2 aromatic heterocycles. The summed E-state index contributed by atoms with van der Waals surface area (Å²) < 4.78 is 10.9. The number of hydrogen-bond donors (Lipinski definition) is 1. The maximum Gasteiger partial charge on any atom is 0.316 e. The maximum atomic E-state index is 11.9. The lowest BCUT2D eigenvalue weighted by atomic mass is 10.2. The Morgan fingerprint density at radius 3 is 2.77 bits per heavy atom. The number of nitrogens with zero attached hydrogens (tertiary/aromatic N) is 2. The summed E-state index contributed by atoms with van der Waals surface area (Å²) in [6.45, 7) is 0.255. The molecule has 7 heteroatoms. The van der Waals surface area contributed by atoms with Crippen molar-refractivity contribution in [2.24, 2.45) is 0 Å². The van der Waals surface area contributed by atoms with Gasteiger partial charge in [-0.25, -0.2) is 0 Å². The Bertz CT molecular complexity index is 1030. The van der Waals surface area contributed by atoms with E-state index in [0.717, 1.165) is 33.8 Å². The van der Waals surface area contributed by atoms with Gasteiger partial charge in [-0.3, -0.25) is 4.79 Å². The van der Waals surface area contributed by atoms with Gasteiger partial charge in [0.1, 0.15) is 12.4 Å². The van der Waals surface area contributed by atoms with Crippen LogP contribution in [0.4, 0.5) is 0 Å². The Hall–Kier alpha value is -3.06. The van der Waals surface area contributed by atoms with Gasteiger partial charge in [0.25, 0.3) is 11.1 Å².